The summed E-state index contributed by atoms with van der Waals surface area (Å²) in [7, 11) is 0. The van der Waals surface area contributed by atoms with Crippen molar-refractivity contribution in [2.45, 2.75) is 4.29 Å². The fourth-order valence-electron chi connectivity index (χ4n) is 0.995. The third-order valence-corrected chi connectivity index (χ3v) is 6.74. The number of rotatable bonds is 0. The van der Waals surface area contributed by atoms with Gasteiger partial charge in [0.1, 0.15) is 0 Å². The largest absolute Gasteiger partial charge is 0.162 e. The van der Waals surface area contributed by atoms with E-state index in [1.165, 1.54) is 0 Å². The van der Waals surface area contributed by atoms with E-state index in [2.05, 4.69) is 149 Å². The van der Waals surface area contributed by atoms with Crippen LogP contribution >= 0.6 is 143 Å². The molecule has 0 nitrogen and oxygen atoms in total. The second-order valence-electron chi connectivity index (χ2n) is 2.81. The maximum atomic E-state index is 3.58. The normalized spacial score (nSPS) is 13.0. The topological polar surface area (TPSA) is 0 Å². The molecule has 0 aromatic heterocycles. The molecule has 0 aliphatic carbocycles. The molecule has 0 N–H and O–H groups in total. The first-order valence-electron chi connectivity index (χ1n) is 3.70. The molecule has 1 aromatic carbocycles. The van der Waals surface area contributed by atoms with E-state index >= 15 is 0 Å². The lowest BCUT2D eigenvalue weighted by Crippen LogP contribution is -2.08. The van der Waals surface area contributed by atoms with Crippen LogP contribution in [-0.4, -0.2) is 0 Å². The summed E-state index contributed by atoms with van der Waals surface area (Å²) in [5.41, 5.74) is 1.81. The van der Waals surface area contributed by atoms with E-state index in [4.69, 9.17) is 0 Å². The van der Waals surface area contributed by atoms with Crippen LogP contribution in [0.2, 0.25) is 0 Å². The highest BCUT2D eigenvalue weighted by atomic mass is 80.0. The number of hydrogen-bond donors (Lipinski definition) is 0. The minimum atomic E-state index is -0.554. The van der Waals surface area contributed by atoms with Crippen molar-refractivity contribution in [2.24, 2.45) is 0 Å². The second-order valence-corrected chi connectivity index (χ2v) is 18.7. The summed E-state index contributed by atoms with van der Waals surface area (Å²) in [6.45, 7) is 0. The molecule has 0 spiro atoms. The quantitative estimate of drug-likeness (QED) is 0.183. The molecule has 0 aliphatic heterocycles. The van der Waals surface area contributed by atoms with E-state index in [0.717, 1.165) is 24.5 Å². The van der Waals surface area contributed by atoms with Crippen LogP contribution in [0.4, 0.5) is 0 Å². The minimum Gasteiger partial charge on any atom is -0.0545 e. The van der Waals surface area contributed by atoms with Gasteiger partial charge in [-0.3, -0.25) is 0 Å². The Labute approximate surface area is 175 Å². The summed E-state index contributed by atoms with van der Waals surface area (Å²) in [5.74, 6) is 0. The predicted molar refractivity (Wildman–Crippen MR) is 105 cm³/mol. The standard InChI is InChI=1S/C8Br9/c9-3-1-2(7(12,13)14)5(10)4(6(3)11)8(15,16)17. The number of hydrogen-bond acceptors (Lipinski definition) is 0. The zero-order chi connectivity index (χ0) is 13.6. The van der Waals surface area contributed by atoms with Crippen molar-refractivity contribution < 1.29 is 0 Å². The van der Waals surface area contributed by atoms with E-state index in [1.807, 2.05) is 0 Å². The molecule has 9 heteroatoms. The molecule has 0 aliphatic rings. The van der Waals surface area contributed by atoms with Crippen LogP contribution in [-0.2, 0) is 4.29 Å². The molecular formula is C8Br9. The van der Waals surface area contributed by atoms with Crippen molar-refractivity contribution in [1.29, 1.82) is 0 Å². The Bertz CT molecular complexity index is 440. The zero-order valence-corrected chi connectivity index (χ0v) is 21.7. The molecule has 0 saturated carbocycles. The third-order valence-electron chi connectivity index (χ3n) is 1.65. The summed E-state index contributed by atoms with van der Waals surface area (Å²) in [6.07, 6.45) is 0. The summed E-state index contributed by atoms with van der Waals surface area (Å²) in [4.78, 5) is 0. The van der Waals surface area contributed by atoms with E-state index < -0.39 is 4.29 Å². The molecule has 0 bridgehead atoms. The van der Waals surface area contributed by atoms with Gasteiger partial charge in [-0.15, -0.1) is 0 Å². The molecule has 1 aromatic rings. The first-order chi connectivity index (χ1) is 7.46. The monoisotopic (exact) mass is 806 g/mol. The molecule has 95 valence electrons. The molecule has 0 atom stereocenters. The van der Waals surface area contributed by atoms with Gasteiger partial charge in [-0.1, -0.05) is 95.6 Å². The van der Waals surface area contributed by atoms with Crippen LogP contribution in [0.3, 0.4) is 0 Å². The maximum absolute atomic E-state index is 3.58. The molecule has 0 unspecified atom stereocenters. The van der Waals surface area contributed by atoms with Crippen LogP contribution in [0.15, 0.2) is 13.4 Å². The lowest BCUT2D eigenvalue weighted by atomic mass is 10.2. The fraction of sp³-hybridized carbons (Fsp3) is 0.250. The zero-order valence-electron chi connectivity index (χ0n) is 7.40. The van der Waals surface area contributed by atoms with Crippen LogP contribution in [0.25, 0.3) is 0 Å². The van der Waals surface area contributed by atoms with Gasteiger partial charge in [-0.2, -0.15) is 0 Å². The Hall–Kier alpha value is 3.54. The van der Waals surface area contributed by atoms with Crippen molar-refractivity contribution in [3.05, 3.63) is 30.6 Å². The lowest BCUT2D eigenvalue weighted by Gasteiger charge is -2.23. The van der Waals surface area contributed by atoms with Gasteiger partial charge in [0.15, 0.2) is 4.29 Å². The molecule has 0 fully saturated rings. The van der Waals surface area contributed by atoms with E-state index in [9.17, 15) is 0 Å². The van der Waals surface area contributed by atoms with Crippen LogP contribution in [0.1, 0.15) is 11.1 Å². The summed E-state index contributed by atoms with van der Waals surface area (Å²) >= 11 is 31.6. The third kappa shape index (κ3) is 4.76. The molecule has 1 rings (SSSR count). The van der Waals surface area contributed by atoms with Crippen molar-refractivity contribution in [2.75, 3.05) is 0 Å². The Kier molecular flexibility index (Phi) is 7.38. The van der Waals surface area contributed by atoms with Crippen LogP contribution in [0, 0.1) is 6.07 Å². The average Bonchev–Trinajstić information content (AvgIpc) is 2.07. The van der Waals surface area contributed by atoms with Crippen molar-refractivity contribution in [3.63, 3.8) is 0 Å². The summed E-state index contributed by atoms with van der Waals surface area (Å²) < 4.78 is 1.48. The van der Waals surface area contributed by atoms with E-state index in [-0.39, 0.29) is 0 Å². The van der Waals surface area contributed by atoms with Gasteiger partial charge in [-0.25, -0.2) is 0 Å². The Morgan fingerprint density at radius 1 is 0.706 bits per heavy atom. The molecule has 0 heterocycles. The van der Waals surface area contributed by atoms with E-state index in [0.29, 0.717) is 0 Å². The smallest absolute Gasteiger partial charge is 0.0545 e. The number of halogens is 9. The summed E-state index contributed by atoms with van der Waals surface area (Å²) in [5, 5.41) is 0. The van der Waals surface area contributed by atoms with Gasteiger partial charge in [0.2, 0.25) is 0 Å². The molecule has 0 amide bonds. The van der Waals surface area contributed by atoms with Gasteiger partial charge >= 0.3 is 0 Å². The number of alkyl halides is 6. The Morgan fingerprint density at radius 2 is 1.18 bits per heavy atom. The highest BCUT2D eigenvalue weighted by Gasteiger charge is 2.34. The second kappa shape index (κ2) is 6.75. The Balaban J connectivity index is 3.67. The van der Waals surface area contributed by atoms with Gasteiger partial charge in [0.25, 0.3) is 0 Å². The van der Waals surface area contributed by atoms with Gasteiger partial charge < -0.3 is 0 Å². The van der Waals surface area contributed by atoms with Gasteiger partial charge in [-0.05, 0) is 47.8 Å². The van der Waals surface area contributed by atoms with Gasteiger partial charge in [0.05, 0.1) is 0 Å². The minimum absolute atomic E-state index is 0.546. The number of benzene rings is 1. The maximum Gasteiger partial charge on any atom is 0.162 e. The van der Waals surface area contributed by atoms with Gasteiger partial charge in [0, 0.05) is 30.6 Å². The van der Waals surface area contributed by atoms with Crippen LogP contribution < -0.4 is 0 Å². The first-order valence-corrected chi connectivity index (χ1v) is 10.8. The predicted octanol–water partition coefficient (Wildman–Crippen LogP) is 8.36. The van der Waals surface area contributed by atoms with Crippen LogP contribution in [0.5, 0.6) is 0 Å². The highest BCUT2D eigenvalue weighted by Crippen LogP contribution is 2.56. The molecule has 1 radical (unpaired) electrons. The van der Waals surface area contributed by atoms with E-state index in [1.54, 1.807) is 0 Å². The first kappa shape index (κ1) is 18.6. The van der Waals surface area contributed by atoms with Crippen molar-refractivity contribution in [1.82, 2.24) is 0 Å². The average molecular weight is 815 g/mol. The molecule has 17 heavy (non-hydrogen) atoms. The summed E-state index contributed by atoms with van der Waals surface area (Å²) in [6, 6.07) is 3.22. The SMILES string of the molecule is Brc1[c]c(C(Br)(Br)Br)c(Br)c(C(Br)(Br)Br)c1Br. The van der Waals surface area contributed by atoms with Crippen molar-refractivity contribution in [3.8, 4) is 0 Å². The highest BCUT2D eigenvalue weighted by molar-refractivity contribution is 9.39. The molecule has 0 saturated heterocycles. The Morgan fingerprint density at radius 3 is 1.53 bits per heavy atom. The molecular weight excluding hydrogens is 815 g/mol. The lowest BCUT2D eigenvalue weighted by molar-refractivity contribution is 1.21. The van der Waals surface area contributed by atoms with Crippen molar-refractivity contribution >= 4 is 143 Å². The fourth-order valence-corrected chi connectivity index (χ4v) is 7.62.